The number of morpholine rings is 1. The highest BCUT2D eigenvalue weighted by molar-refractivity contribution is 6.09. The Morgan fingerprint density at radius 2 is 2.07 bits per heavy atom. The minimum Gasteiger partial charge on any atom is -0.370 e. The van der Waals surface area contributed by atoms with Gasteiger partial charge in [-0.25, -0.2) is 13.2 Å². The number of nitrogens with one attached hydrogen (secondary N) is 1. The summed E-state index contributed by atoms with van der Waals surface area (Å²) in [5.74, 6) is -3.14. The Labute approximate surface area is 164 Å². The van der Waals surface area contributed by atoms with E-state index in [1.807, 2.05) is 0 Å². The summed E-state index contributed by atoms with van der Waals surface area (Å²) in [6.07, 6.45) is -1.57. The fraction of sp³-hybridized carbons (Fsp3) is 0.500. The van der Waals surface area contributed by atoms with E-state index in [9.17, 15) is 27.6 Å². The first kappa shape index (κ1) is 21.1. The van der Waals surface area contributed by atoms with Crippen LogP contribution in [0.15, 0.2) is 18.2 Å². The van der Waals surface area contributed by atoms with Crippen molar-refractivity contribution in [2.24, 2.45) is 5.73 Å². The third-order valence-electron chi connectivity index (χ3n) is 4.71. The molecular weight excluding hydrogens is 393 g/mol. The number of anilines is 2. The van der Waals surface area contributed by atoms with E-state index in [0.717, 1.165) is 11.0 Å². The fourth-order valence-corrected chi connectivity index (χ4v) is 3.26. The molecule has 3 amide bonds. The van der Waals surface area contributed by atoms with Crippen molar-refractivity contribution in [3.05, 3.63) is 24.0 Å². The highest BCUT2D eigenvalue weighted by Crippen LogP contribution is 2.30. The van der Waals surface area contributed by atoms with Crippen LogP contribution < -0.4 is 16.0 Å². The molecule has 0 radical (unpaired) electrons. The van der Waals surface area contributed by atoms with Gasteiger partial charge in [0.2, 0.25) is 5.91 Å². The van der Waals surface area contributed by atoms with E-state index in [4.69, 9.17) is 10.5 Å². The highest BCUT2D eigenvalue weighted by Gasteiger charge is 2.41. The number of carbonyl (C=O) groups is 3. The van der Waals surface area contributed by atoms with E-state index in [2.05, 4.69) is 5.32 Å². The van der Waals surface area contributed by atoms with Gasteiger partial charge >= 0.3 is 0 Å². The first-order valence-corrected chi connectivity index (χ1v) is 9.09. The summed E-state index contributed by atoms with van der Waals surface area (Å²) in [7, 11) is 0. The largest absolute Gasteiger partial charge is 0.370 e. The number of halogens is 3. The first-order valence-electron chi connectivity index (χ1n) is 9.09. The van der Waals surface area contributed by atoms with Crippen LogP contribution in [0.3, 0.4) is 0 Å². The molecule has 2 aliphatic rings. The van der Waals surface area contributed by atoms with Crippen LogP contribution in [0.25, 0.3) is 0 Å². The predicted molar refractivity (Wildman–Crippen MR) is 96.9 cm³/mol. The number of hydrogen-bond donors (Lipinski definition) is 2. The maximum atomic E-state index is 14.5. The van der Waals surface area contributed by atoms with Crippen molar-refractivity contribution >= 4 is 29.1 Å². The van der Waals surface area contributed by atoms with E-state index in [1.54, 1.807) is 0 Å². The molecule has 158 valence electrons. The molecule has 1 aromatic carbocycles. The second kappa shape index (κ2) is 8.78. The van der Waals surface area contributed by atoms with Gasteiger partial charge in [-0.1, -0.05) is 0 Å². The number of primary amides is 1. The topological polar surface area (TPSA) is 105 Å². The summed E-state index contributed by atoms with van der Waals surface area (Å²) in [5.41, 5.74) is 5.32. The average Bonchev–Trinajstić information content (AvgIpc) is 3.46. The van der Waals surface area contributed by atoms with Crippen LogP contribution in [-0.2, 0) is 19.1 Å². The predicted octanol–water partition coefficient (Wildman–Crippen LogP) is 0.711. The summed E-state index contributed by atoms with van der Waals surface area (Å²) in [4.78, 5) is 38.5. The smallest absolute Gasteiger partial charge is 0.253 e. The maximum absolute atomic E-state index is 14.5. The number of hydrogen-bond acceptors (Lipinski definition) is 5. The Bertz CT molecular complexity index is 803. The van der Waals surface area contributed by atoms with Crippen molar-refractivity contribution in [3.63, 3.8) is 0 Å². The number of amides is 3. The van der Waals surface area contributed by atoms with Crippen LogP contribution in [0.2, 0.25) is 0 Å². The number of alkyl halides is 2. The summed E-state index contributed by atoms with van der Waals surface area (Å²) in [6.45, 7) is -0.461. The van der Waals surface area contributed by atoms with Crippen LogP contribution in [-0.4, -0.2) is 67.4 Å². The third-order valence-corrected chi connectivity index (χ3v) is 4.71. The summed E-state index contributed by atoms with van der Waals surface area (Å²) >= 11 is 0. The van der Waals surface area contributed by atoms with Crippen molar-refractivity contribution in [1.29, 1.82) is 0 Å². The molecule has 11 heteroatoms. The molecular formula is C18H21F3N4O4. The van der Waals surface area contributed by atoms with Gasteiger partial charge in [-0.2, -0.15) is 0 Å². The average molecular weight is 414 g/mol. The first-order chi connectivity index (χ1) is 13.8. The SMILES string of the molecule is NC(=O)[C@H](C(=O)Nc1ccc(N2CCOCC2=O)c(F)c1)N(CC(F)F)C1CC1. The lowest BCUT2D eigenvalue weighted by atomic mass is 10.1. The molecule has 0 bridgehead atoms. The third kappa shape index (κ3) is 5.04. The molecule has 1 aliphatic carbocycles. The van der Waals surface area contributed by atoms with Gasteiger partial charge in [-0.15, -0.1) is 0 Å². The molecule has 29 heavy (non-hydrogen) atoms. The van der Waals surface area contributed by atoms with Gasteiger partial charge in [0.1, 0.15) is 12.4 Å². The number of rotatable bonds is 8. The normalized spacial score (nSPS) is 18.2. The van der Waals surface area contributed by atoms with Crippen LogP contribution in [0.1, 0.15) is 12.8 Å². The highest BCUT2D eigenvalue weighted by atomic mass is 19.3. The van der Waals surface area contributed by atoms with Crippen LogP contribution in [0, 0.1) is 5.82 Å². The molecule has 1 aliphatic heterocycles. The van der Waals surface area contributed by atoms with E-state index in [0.29, 0.717) is 12.8 Å². The van der Waals surface area contributed by atoms with Gasteiger partial charge in [0, 0.05) is 18.3 Å². The minimum absolute atomic E-state index is 0.0102. The zero-order valence-electron chi connectivity index (χ0n) is 15.4. The van der Waals surface area contributed by atoms with Crippen LogP contribution in [0.4, 0.5) is 24.5 Å². The number of carbonyl (C=O) groups excluding carboxylic acids is 3. The van der Waals surface area contributed by atoms with Crippen LogP contribution >= 0.6 is 0 Å². The molecule has 2 fully saturated rings. The van der Waals surface area contributed by atoms with Crippen molar-refractivity contribution in [2.45, 2.75) is 31.4 Å². The molecule has 1 atom stereocenters. The molecule has 8 nitrogen and oxygen atoms in total. The zero-order valence-corrected chi connectivity index (χ0v) is 15.4. The van der Waals surface area contributed by atoms with Crippen molar-refractivity contribution in [2.75, 3.05) is 36.5 Å². The summed E-state index contributed by atoms with van der Waals surface area (Å²) < 4.78 is 45.3. The second-order valence-electron chi connectivity index (χ2n) is 6.88. The lowest BCUT2D eigenvalue weighted by Crippen LogP contribution is -2.54. The van der Waals surface area contributed by atoms with Gasteiger partial charge in [-0.3, -0.25) is 19.3 Å². The van der Waals surface area contributed by atoms with Gasteiger partial charge in [0.05, 0.1) is 18.8 Å². The Morgan fingerprint density at radius 3 is 2.62 bits per heavy atom. The standard InChI is InChI=1S/C18H21F3N4O4/c19-12-7-10(1-4-13(12)24-5-6-29-9-15(24)26)23-18(28)16(17(22)27)25(8-14(20)21)11-2-3-11/h1,4,7,11,14,16H,2-3,5-6,8-9H2,(H2,22,27)(H,23,28)/t16-/m1/s1. The van der Waals surface area contributed by atoms with E-state index >= 15 is 0 Å². The quantitative estimate of drug-likeness (QED) is 0.610. The fourth-order valence-electron chi connectivity index (χ4n) is 3.26. The van der Waals surface area contributed by atoms with Gasteiger partial charge in [0.15, 0.2) is 6.04 Å². The molecule has 3 N–H and O–H groups in total. The van der Waals surface area contributed by atoms with Gasteiger partial charge in [-0.05, 0) is 31.0 Å². The lowest BCUT2D eigenvalue weighted by molar-refractivity contribution is -0.133. The van der Waals surface area contributed by atoms with Crippen molar-refractivity contribution < 1.29 is 32.3 Å². The number of nitrogens with two attached hydrogens (primary N) is 1. The Kier molecular flexibility index (Phi) is 6.38. The Hall–Kier alpha value is -2.66. The molecule has 3 rings (SSSR count). The molecule has 0 aromatic heterocycles. The second-order valence-corrected chi connectivity index (χ2v) is 6.88. The molecule has 1 aromatic rings. The number of nitrogens with zero attached hydrogens (tertiary/aromatic N) is 2. The van der Waals surface area contributed by atoms with Gasteiger partial charge in [0.25, 0.3) is 18.2 Å². The van der Waals surface area contributed by atoms with E-state index in [1.165, 1.54) is 17.0 Å². The molecule has 1 saturated carbocycles. The lowest BCUT2D eigenvalue weighted by Gasteiger charge is -2.29. The Balaban J connectivity index is 1.75. The van der Waals surface area contributed by atoms with Crippen molar-refractivity contribution in [1.82, 2.24) is 4.90 Å². The maximum Gasteiger partial charge on any atom is 0.253 e. The van der Waals surface area contributed by atoms with Crippen molar-refractivity contribution in [3.8, 4) is 0 Å². The molecule has 0 spiro atoms. The monoisotopic (exact) mass is 414 g/mol. The summed E-state index contributed by atoms with van der Waals surface area (Å²) in [5, 5.41) is 2.35. The Morgan fingerprint density at radius 1 is 1.34 bits per heavy atom. The molecule has 1 saturated heterocycles. The van der Waals surface area contributed by atoms with E-state index < -0.39 is 42.6 Å². The number of ether oxygens (including phenoxy) is 1. The molecule has 1 heterocycles. The zero-order chi connectivity index (χ0) is 21.1. The number of benzene rings is 1. The molecule has 0 unspecified atom stereocenters. The minimum atomic E-state index is -2.74. The van der Waals surface area contributed by atoms with Crippen LogP contribution in [0.5, 0.6) is 0 Å². The summed E-state index contributed by atoms with van der Waals surface area (Å²) in [6, 6.07) is 1.73. The van der Waals surface area contributed by atoms with E-state index in [-0.39, 0.29) is 37.2 Å². The van der Waals surface area contributed by atoms with Gasteiger partial charge < -0.3 is 20.7 Å².